The Kier molecular flexibility index (Phi) is 3.12. The van der Waals surface area contributed by atoms with Gasteiger partial charge in [0.05, 0.1) is 13.1 Å². The summed E-state index contributed by atoms with van der Waals surface area (Å²) < 4.78 is 0. The summed E-state index contributed by atoms with van der Waals surface area (Å²) in [5.41, 5.74) is 1.97. The first kappa shape index (κ1) is 9.08. The summed E-state index contributed by atoms with van der Waals surface area (Å²) >= 11 is 0. The van der Waals surface area contributed by atoms with Gasteiger partial charge in [0.15, 0.2) is 5.82 Å². The molecule has 1 aromatic rings. The Morgan fingerprint density at radius 1 is 1.58 bits per heavy atom. The average molecular weight is 171 g/mol. The Bertz CT molecular complexity index is 234. The van der Waals surface area contributed by atoms with Crippen molar-refractivity contribution in [2.75, 3.05) is 0 Å². The summed E-state index contributed by atoms with van der Waals surface area (Å²) in [7, 11) is 0. The molecule has 0 aliphatic carbocycles. The lowest BCUT2D eigenvalue weighted by Gasteiger charge is -2.00. The van der Waals surface area contributed by atoms with Crippen molar-refractivity contribution < 1.29 is 5.21 Å². The van der Waals surface area contributed by atoms with Gasteiger partial charge in [0.25, 0.3) is 0 Å². The number of nitrogens with one attached hydrogen (secondary N) is 1. The first-order valence-electron chi connectivity index (χ1n) is 3.86. The predicted molar refractivity (Wildman–Crippen MR) is 41.3 cm³/mol. The van der Waals surface area contributed by atoms with Crippen LogP contribution in [0.5, 0.6) is 0 Å². The van der Waals surface area contributed by atoms with E-state index < -0.39 is 0 Å². The van der Waals surface area contributed by atoms with E-state index >= 15 is 0 Å². The van der Waals surface area contributed by atoms with Gasteiger partial charge in [-0.15, -0.1) is 10.2 Å². The SMILES string of the molecule is CC(C)Cn1nnc(CNO)n1. The molecule has 0 atom stereocenters. The van der Waals surface area contributed by atoms with Crippen LogP contribution in [0.4, 0.5) is 0 Å². The average Bonchev–Trinajstić information content (AvgIpc) is 2.36. The molecule has 0 radical (unpaired) electrons. The molecule has 0 spiro atoms. The number of hydrogen-bond acceptors (Lipinski definition) is 5. The molecule has 68 valence electrons. The van der Waals surface area contributed by atoms with Crippen molar-refractivity contribution in [3.63, 3.8) is 0 Å². The number of aromatic nitrogens is 4. The Morgan fingerprint density at radius 3 is 2.92 bits per heavy atom. The second-order valence-corrected chi connectivity index (χ2v) is 2.99. The maximum atomic E-state index is 8.34. The fourth-order valence-electron chi connectivity index (χ4n) is 0.822. The van der Waals surface area contributed by atoms with Crippen molar-refractivity contribution in [2.24, 2.45) is 5.92 Å². The smallest absolute Gasteiger partial charge is 0.190 e. The summed E-state index contributed by atoms with van der Waals surface area (Å²) in [6, 6.07) is 0. The maximum Gasteiger partial charge on any atom is 0.190 e. The number of rotatable bonds is 4. The molecule has 0 aliphatic heterocycles. The van der Waals surface area contributed by atoms with Crippen LogP contribution in [0.15, 0.2) is 0 Å². The summed E-state index contributed by atoms with van der Waals surface area (Å²) in [6.07, 6.45) is 0. The van der Waals surface area contributed by atoms with E-state index in [1.54, 1.807) is 0 Å². The van der Waals surface area contributed by atoms with Gasteiger partial charge < -0.3 is 5.21 Å². The molecule has 0 bridgehead atoms. The van der Waals surface area contributed by atoms with Gasteiger partial charge in [-0.1, -0.05) is 13.8 Å². The van der Waals surface area contributed by atoms with Crippen molar-refractivity contribution in [3.05, 3.63) is 5.82 Å². The van der Waals surface area contributed by atoms with Crippen LogP contribution in [-0.2, 0) is 13.1 Å². The summed E-state index contributed by atoms with van der Waals surface area (Å²) in [5.74, 6) is 0.993. The highest BCUT2D eigenvalue weighted by atomic mass is 16.5. The molecular formula is C6H13N5O. The maximum absolute atomic E-state index is 8.34. The van der Waals surface area contributed by atoms with Gasteiger partial charge in [-0.2, -0.15) is 10.3 Å². The normalized spacial score (nSPS) is 11.0. The second-order valence-electron chi connectivity index (χ2n) is 2.99. The fourth-order valence-corrected chi connectivity index (χ4v) is 0.822. The molecule has 0 fully saturated rings. The lowest BCUT2D eigenvalue weighted by Crippen LogP contribution is -2.10. The minimum absolute atomic E-state index is 0.234. The highest BCUT2D eigenvalue weighted by molar-refractivity contribution is 4.73. The topological polar surface area (TPSA) is 75.9 Å². The van der Waals surface area contributed by atoms with E-state index in [2.05, 4.69) is 29.3 Å². The van der Waals surface area contributed by atoms with Crippen molar-refractivity contribution in [1.29, 1.82) is 0 Å². The lowest BCUT2D eigenvalue weighted by molar-refractivity contribution is 0.158. The molecule has 1 heterocycles. The van der Waals surface area contributed by atoms with E-state index in [4.69, 9.17) is 5.21 Å². The lowest BCUT2D eigenvalue weighted by atomic mass is 10.2. The largest absolute Gasteiger partial charge is 0.316 e. The molecule has 6 heteroatoms. The fraction of sp³-hybridized carbons (Fsp3) is 0.833. The number of nitrogens with zero attached hydrogens (tertiary/aromatic N) is 4. The minimum Gasteiger partial charge on any atom is -0.316 e. The van der Waals surface area contributed by atoms with Crippen molar-refractivity contribution >= 4 is 0 Å². The van der Waals surface area contributed by atoms with Crippen LogP contribution in [0.25, 0.3) is 0 Å². The van der Waals surface area contributed by atoms with Crippen LogP contribution in [0.3, 0.4) is 0 Å². The Morgan fingerprint density at radius 2 is 2.33 bits per heavy atom. The third-order valence-corrected chi connectivity index (χ3v) is 1.26. The van der Waals surface area contributed by atoms with E-state index in [0.717, 1.165) is 6.54 Å². The van der Waals surface area contributed by atoms with E-state index in [9.17, 15) is 0 Å². The molecule has 0 amide bonds. The van der Waals surface area contributed by atoms with Gasteiger partial charge in [0.1, 0.15) is 0 Å². The third kappa shape index (κ3) is 2.55. The van der Waals surface area contributed by atoms with Crippen LogP contribution in [-0.4, -0.2) is 25.4 Å². The molecule has 0 saturated carbocycles. The quantitative estimate of drug-likeness (QED) is 0.614. The van der Waals surface area contributed by atoms with Crippen LogP contribution < -0.4 is 5.48 Å². The molecular weight excluding hydrogens is 158 g/mol. The Balaban J connectivity index is 2.52. The molecule has 0 saturated heterocycles. The van der Waals surface area contributed by atoms with E-state index in [1.165, 1.54) is 4.80 Å². The Hall–Kier alpha value is -1.01. The van der Waals surface area contributed by atoms with Gasteiger partial charge in [-0.05, 0) is 11.1 Å². The molecule has 2 N–H and O–H groups in total. The first-order chi connectivity index (χ1) is 5.72. The molecule has 12 heavy (non-hydrogen) atoms. The van der Waals surface area contributed by atoms with Crippen LogP contribution >= 0.6 is 0 Å². The van der Waals surface area contributed by atoms with Crippen molar-refractivity contribution in [1.82, 2.24) is 25.7 Å². The number of hydrogen-bond donors (Lipinski definition) is 2. The van der Waals surface area contributed by atoms with Gasteiger partial charge in [0, 0.05) is 0 Å². The van der Waals surface area contributed by atoms with Gasteiger partial charge >= 0.3 is 0 Å². The second kappa shape index (κ2) is 4.13. The first-order valence-corrected chi connectivity index (χ1v) is 3.86. The van der Waals surface area contributed by atoms with E-state index in [0.29, 0.717) is 11.7 Å². The Labute approximate surface area is 70.5 Å². The van der Waals surface area contributed by atoms with Gasteiger partial charge in [0.2, 0.25) is 0 Å². The van der Waals surface area contributed by atoms with Gasteiger partial charge in [-0.3, -0.25) is 0 Å². The van der Waals surface area contributed by atoms with Gasteiger partial charge in [-0.25, -0.2) is 0 Å². The third-order valence-electron chi connectivity index (χ3n) is 1.26. The van der Waals surface area contributed by atoms with Crippen molar-refractivity contribution in [3.8, 4) is 0 Å². The molecule has 0 aliphatic rings. The highest BCUT2D eigenvalue weighted by Gasteiger charge is 2.02. The molecule has 0 unspecified atom stereocenters. The molecule has 1 aromatic heterocycles. The van der Waals surface area contributed by atoms with E-state index in [1.807, 2.05) is 5.48 Å². The number of hydroxylamine groups is 1. The highest BCUT2D eigenvalue weighted by Crippen LogP contribution is 1.94. The van der Waals surface area contributed by atoms with Crippen LogP contribution in [0, 0.1) is 5.92 Å². The zero-order chi connectivity index (χ0) is 8.97. The molecule has 1 rings (SSSR count). The van der Waals surface area contributed by atoms with Crippen LogP contribution in [0.2, 0.25) is 0 Å². The standard InChI is InChI=1S/C6H13N5O/c1-5(2)4-11-9-6(3-7-12)8-10-11/h5,7,12H,3-4H2,1-2H3. The molecule has 6 nitrogen and oxygen atoms in total. The molecule has 0 aromatic carbocycles. The number of tetrazole rings is 1. The summed E-state index contributed by atoms with van der Waals surface area (Å²) in [6.45, 7) is 5.14. The zero-order valence-electron chi connectivity index (χ0n) is 7.23. The predicted octanol–water partition coefficient (Wildman–Crippen LogP) is -0.192. The monoisotopic (exact) mass is 171 g/mol. The van der Waals surface area contributed by atoms with Crippen LogP contribution in [0.1, 0.15) is 19.7 Å². The zero-order valence-corrected chi connectivity index (χ0v) is 7.23. The summed E-state index contributed by atoms with van der Waals surface area (Å²) in [4.78, 5) is 1.53. The van der Waals surface area contributed by atoms with E-state index in [-0.39, 0.29) is 6.54 Å². The van der Waals surface area contributed by atoms with Crippen molar-refractivity contribution in [2.45, 2.75) is 26.9 Å². The summed E-state index contributed by atoms with van der Waals surface area (Å²) in [5, 5.41) is 19.9. The minimum atomic E-state index is 0.234.